The van der Waals surface area contributed by atoms with Crippen molar-refractivity contribution in [1.29, 1.82) is 0 Å². The van der Waals surface area contributed by atoms with Crippen LogP contribution in [0.15, 0.2) is 24.3 Å². The van der Waals surface area contributed by atoms with Crippen LogP contribution in [0, 0.1) is 0 Å². The van der Waals surface area contributed by atoms with E-state index in [4.69, 9.17) is 10.5 Å². The number of likely N-dealkylation sites (tertiary alicyclic amines) is 1. The monoisotopic (exact) mass is 293 g/mol. The summed E-state index contributed by atoms with van der Waals surface area (Å²) in [6.45, 7) is 3.82. The first-order valence-electron chi connectivity index (χ1n) is 7.20. The fraction of sp³-hybridized carbons (Fsp3) is 0.533. The molecule has 21 heavy (non-hydrogen) atoms. The van der Waals surface area contributed by atoms with Crippen molar-refractivity contribution in [3.05, 3.63) is 29.8 Å². The Morgan fingerprint density at radius 3 is 2.86 bits per heavy atom. The van der Waals surface area contributed by atoms with E-state index in [9.17, 15) is 4.79 Å². The smallest absolute Gasteiger partial charge is 0.407 e. The lowest BCUT2D eigenvalue weighted by molar-refractivity contribution is 0.166. The Balaban J connectivity index is 1.66. The zero-order chi connectivity index (χ0) is 15.1. The first-order valence-corrected chi connectivity index (χ1v) is 7.20. The molecule has 0 radical (unpaired) electrons. The average molecular weight is 293 g/mol. The van der Waals surface area contributed by atoms with Crippen LogP contribution in [0.1, 0.15) is 12.0 Å². The number of alkyl carbamates (subject to hydrolysis) is 1. The molecule has 1 amide bonds. The first kappa shape index (κ1) is 15.6. The van der Waals surface area contributed by atoms with Crippen molar-refractivity contribution in [3.8, 4) is 5.75 Å². The van der Waals surface area contributed by atoms with Gasteiger partial charge in [0.15, 0.2) is 0 Å². The van der Waals surface area contributed by atoms with E-state index in [2.05, 4.69) is 15.0 Å². The van der Waals surface area contributed by atoms with Crippen molar-refractivity contribution in [2.24, 2.45) is 5.73 Å². The molecule has 116 valence electrons. The molecule has 6 nitrogen and oxygen atoms in total. The van der Waals surface area contributed by atoms with Gasteiger partial charge in [0.05, 0.1) is 7.11 Å². The van der Waals surface area contributed by atoms with Crippen LogP contribution in [0.4, 0.5) is 4.79 Å². The molecule has 0 bridgehead atoms. The second-order valence-electron chi connectivity index (χ2n) is 5.12. The molecule has 2 rings (SSSR count). The maximum Gasteiger partial charge on any atom is 0.407 e. The lowest BCUT2D eigenvalue weighted by Gasteiger charge is -2.16. The number of nitrogens with one attached hydrogen (secondary N) is 1. The molecule has 1 aromatic carbocycles. The predicted octanol–water partition coefficient (Wildman–Crippen LogP) is 0.954. The minimum atomic E-state index is -0.363. The number of hydrogen-bond donors (Lipinski definition) is 2. The van der Waals surface area contributed by atoms with E-state index in [0.717, 1.165) is 37.4 Å². The van der Waals surface area contributed by atoms with Crippen molar-refractivity contribution in [2.45, 2.75) is 19.0 Å². The lowest BCUT2D eigenvalue weighted by atomic mass is 10.2. The summed E-state index contributed by atoms with van der Waals surface area (Å²) < 4.78 is 10.3. The molecule has 0 aliphatic carbocycles. The lowest BCUT2D eigenvalue weighted by Crippen LogP contribution is -2.37. The molecular formula is C15H23N3O3. The van der Waals surface area contributed by atoms with Crippen molar-refractivity contribution in [2.75, 3.05) is 33.4 Å². The molecule has 1 aliphatic heterocycles. The topological polar surface area (TPSA) is 76.8 Å². The van der Waals surface area contributed by atoms with E-state index < -0.39 is 0 Å². The van der Waals surface area contributed by atoms with Gasteiger partial charge < -0.3 is 20.5 Å². The average Bonchev–Trinajstić information content (AvgIpc) is 2.95. The molecule has 1 unspecified atom stereocenters. The fourth-order valence-electron chi connectivity index (χ4n) is 2.39. The third-order valence-electron chi connectivity index (χ3n) is 3.62. The zero-order valence-corrected chi connectivity index (χ0v) is 12.4. The number of methoxy groups -OCH3 is 1. The Morgan fingerprint density at radius 2 is 2.19 bits per heavy atom. The molecule has 0 aromatic heterocycles. The quantitative estimate of drug-likeness (QED) is 0.817. The molecule has 1 saturated heterocycles. The van der Waals surface area contributed by atoms with E-state index in [-0.39, 0.29) is 12.1 Å². The number of hydrogen-bond acceptors (Lipinski definition) is 5. The summed E-state index contributed by atoms with van der Waals surface area (Å²) in [6, 6.07) is 7.99. The van der Waals surface area contributed by atoms with E-state index in [0.29, 0.717) is 13.2 Å². The molecule has 0 saturated carbocycles. The van der Waals surface area contributed by atoms with E-state index in [1.54, 1.807) is 0 Å². The van der Waals surface area contributed by atoms with Crippen LogP contribution in [0.3, 0.4) is 0 Å². The van der Waals surface area contributed by atoms with Gasteiger partial charge >= 0.3 is 6.09 Å². The summed E-state index contributed by atoms with van der Waals surface area (Å²) in [6.07, 6.45) is 0.582. The molecule has 1 aliphatic rings. The maximum absolute atomic E-state index is 11.1. The maximum atomic E-state index is 11.1. The minimum Gasteiger partial charge on any atom is -0.492 e. The Morgan fingerprint density at radius 1 is 1.43 bits per heavy atom. The van der Waals surface area contributed by atoms with Gasteiger partial charge in [0, 0.05) is 32.2 Å². The number of nitrogens with zero attached hydrogens (tertiary/aromatic N) is 1. The third kappa shape index (κ3) is 4.91. The summed E-state index contributed by atoms with van der Waals surface area (Å²) >= 11 is 0. The highest BCUT2D eigenvalue weighted by molar-refractivity contribution is 5.67. The second kappa shape index (κ2) is 7.85. The van der Waals surface area contributed by atoms with Gasteiger partial charge in [0.2, 0.25) is 0 Å². The number of ether oxygens (including phenoxy) is 2. The Labute approximate surface area is 125 Å². The molecule has 1 fully saturated rings. The SMILES string of the molecule is COC(=O)NC1CCN(CCOc2ccc(CN)cc2)C1. The van der Waals surface area contributed by atoms with Crippen LogP contribution in [-0.2, 0) is 11.3 Å². The zero-order valence-electron chi connectivity index (χ0n) is 12.4. The molecule has 3 N–H and O–H groups in total. The van der Waals surface area contributed by atoms with Crippen molar-refractivity contribution < 1.29 is 14.3 Å². The van der Waals surface area contributed by atoms with E-state index >= 15 is 0 Å². The van der Waals surface area contributed by atoms with Gasteiger partial charge in [-0.3, -0.25) is 4.90 Å². The molecular weight excluding hydrogens is 270 g/mol. The predicted molar refractivity (Wildman–Crippen MR) is 80.2 cm³/mol. The highest BCUT2D eigenvalue weighted by Crippen LogP contribution is 2.13. The highest BCUT2D eigenvalue weighted by atomic mass is 16.5. The first-order chi connectivity index (χ1) is 10.2. The molecule has 1 atom stereocenters. The van der Waals surface area contributed by atoms with Gasteiger partial charge in [-0.25, -0.2) is 4.79 Å². The highest BCUT2D eigenvalue weighted by Gasteiger charge is 2.23. The van der Waals surface area contributed by atoms with Gasteiger partial charge in [-0.15, -0.1) is 0 Å². The van der Waals surface area contributed by atoms with Crippen LogP contribution in [0.25, 0.3) is 0 Å². The fourth-order valence-corrected chi connectivity index (χ4v) is 2.39. The van der Waals surface area contributed by atoms with Crippen molar-refractivity contribution in [3.63, 3.8) is 0 Å². The summed E-state index contributed by atoms with van der Waals surface area (Å²) in [5.41, 5.74) is 6.65. The number of rotatable bonds is 6. The van der Waals surface area contributed by atoms with Crippen LogP contribution in [0.2, 0.25) is 0 Å². The summed E-state index contributed by atoms with van der Waals surface area (Å²) in [4.78, 5) is 13.4. The van der Waals surface area contributed by atoms with Gasteiger partial charge in [-0.05, 0) is 24.1 Å². The van der Waals surface area contributed by atoms with Crippen molar-refractivity contribution in [1.82, 2.24) is 10.2 Å². The van der Waals surface area contributed by atoms with E-state index in [1.807, 2.05) is 24.3 Å². The molecule has 6 heteroatoms. The number of nitrogens with two attached hydrogens (primary N) is 1. The largest absolute Gasteiger partial charge is 0.492 e. The molecule has 1 aromatic rings. The number of carbonyl (C=O) groups excluding carboxylic acids is 1. The van der Waals surface area contributed by atoms with Gasteiger partial charge in [0.1, 0.15) is 12.4 Å². The molecule has 1 heterocycles. The summed E-state index contributed by atoms with van der Waals surface area (Å²) in [5.74, 6) is 0.857. The standard InChI is InChI=1S/C15H23N3O3/c1-20-15(19)17-13-6-7-18(11-13)8-9-21-14-4-2-12(10-16)3-5-14/h2-5,13H,6-11,16H2,1H3,(H,17,19). The van der Waals surface area contributed by atoms with Crippen LogP contribution < -0.4 is 15.8 Å². The van der Waals surface area contributed by atoms with Crippen LogP contribution in [-0.4, -0.2) is 50.4 Å². The van der Waals surface area contributed by atoms with Gasteiger partial charge in [-0.1, -0.05) is 12.1 Å². The number of amides is 1. The summed E-state index contributed by atoms with van der Waals surface area (Å²) in [7, 11) is 1.38. The second-order valence-corrected chi connectivity index (χ2v) is 5.12. The third-order valence-corrected chi connectivity index (χ3v) is 3.62. The Hall–Kier alpha value is -1.79. The van der Waals surface area contributed by atoms with Crippen LogP contribution in [0.5, 0.6) is 5.75 Å². The minimum absolute atomic E-state index is 0.168. The Kier molecular flexibility index (Phi) is 5.83. The Bertz CT molecular complexity index is 450. The van der Waals surface area contributed by atoms with E-state index in [1.165, 1.54) is 7.11 Å². The number of benzene rings is 1. The van der Waals surface area contributed by atoms with Crippen molar-refractivity contribution >= 4 is 6.09 Å². The number of carbonyl (C=O) groups is 1. The molecule has 0 spiro atoms. The normalized spacial score (nSPS) is 18.5. The van der Waals surface area contributed by atoms with Gasteiger partial charge in [0.25, 0.3) is 0 Å². The summed E-state index contributed by atoms with van der Waals surface area (Å²) in [5, 5.41) is 2.82. The van der Waals surface area contributed by atoms with Gasteiger partial charge in [-0.2, -0.15) is 0 Å². The van der Waals surface area contributed by atoms with Crippen LogP contribution >= 0.6 is 0 Å².